The topological polar surface area (TPSA) is 0 Å². The van der Waals surface area contributed by atoms with Gasteiger partial charge in [-0.3, -0.25) is 0 Å². The maximum absolute atomic E-state index is 2.32. The fourth-order valence-electron chi connectivity index (χ4n) is 0. The molecule has 0 heterocycles. The molecule has 5 heavy (non-hydrogen) atoms. The van der Waals surface area contributed by atoms with Crippen molar-refractivity contribution in [3.8, 4) is 0 Å². The van der Waals surface area contributed by atoms with Gasteiger partial charge < -0.3 is 1.43 Å². The van der Waals surface area contributed by atoms with E-state index < -0.39 is 0 Å². The Bertz CT molecular complexity index is 15.5. The molecule has 0 N–H and O–H groups in total. The van der Waals surface area contributed by atoms with Crippen LogP contribution in [0.15, 0.2) is 0 Å². The van der Waals surface area contributed by atoms with Gasteiger partial charge in [-0.1, -0.05) is 0 Å². The zero-order valence-electron chi connectivity index (χ0n) is 3.71. The summed E-state index contributed by atoms with van der Waals surface area (Å²) in [6, 6.07) is 0. The molecule has 0 amide bonds. The van der Waals surface area contributed by atoms with Gasteiger partial charge in [-0.05, 0) is 0 Å². The Morgan fingerprint density at radius 2 is 1.20 bits per heavy atom. The third-order valence-electron chi connectivity index (χ3n) is 0. The van der Waals surface area contributed by atoms with Crippen LogP contribution >= 0.6 is 67.1 Å². The summed E-state index contributed by atoms with van der Waals surface area (Å²) in [6.45, 7) is 0. The molecule has 0 unspecified atom stereocenters. The van der Waals surface area contributed by atoms with Crippen molar-refractivity contribution in [2.75, 3.05) is 0 Å². The van der Waals surface area contributed by atoms with Gasteiger partial charge in [-0.15, -0.1) is 67.1 Å². The van der Waals surface area contributed by atoms with E-state index in [9.17, 15) is 0 Å². The van der Waals surface area contributed by atoms with E-state index in [-0.39, 0.29) is 70.3 Å². The number of hydrogen-bond donors (Lipinski definition) is 0. The molecule has 5 heteroatoms. The second kappa shape index (κ2) is 8.31. The van der Waals surface area contributed by atoms with E-state index in [0.717, 1.165) is 0.282 Å². The second-order valence-electron chi connectivity index (χ2n) is 0.247. The predicted octanol–water partition coefficient (Wildman–Crippen LogP) is -0.607. The van der Waals surface area contributed by atoms with E-state index in [1.807, 2.05) is 0 Å². The van der Waals surface area contributed by atoms with E-state index in [1.54, 1.807) is 0 Å². The third kappa shape index (κ3) is 17.8. The summed E-state index contributed by atoms with van der Waals surface area (Å²) in [6.07, 6.45) is 0. The molecular formula is HBCsI3. The standard InChI is InChI=1S/BI3.Cs.H/c2-1(3)4;;/q;+1;-1. The Balaban J connectivity index is -0.0000000450. The summed E-state index contributed by atoms with van der Waals surface area (Å²) >= 11 is 6.95. The summed E-state index contributed by atoms with van der Waals surface area (Å²) in [7, 11) is 0. The minimum Gasteiger partial charge on any atom is -1.00 e. The minimum absolute atomic E-state index is 0. The van der Waals surface area contributed by atoms with Crippen molar-refractivity contribution < 1.29 is 70.3 Å². The first kappa shape index (κ1) is 12.0. The van der Waals surface area contributed by atoms with Crippen molar-refractivity contribution in [1.82, 2.24) is 0 Å². The van der Waals surface area contributed by atoms with Gasteiger partial charge in [0.2, 0.25) is 0 Å². The molecule has 0 bridgehead atoms. The first-order valence-electron chi connectivity index (χ1n) is 0.655. The van der Waals surface area contributed by atoms with Gasteiger partial charge in [-0.2, -0.15) is 0 Å². The third-order valence-corrected chi connectivity index (χ3v) is 0. The minimum atomic E-state index is 0. The van der Waals surface area contributed by atoms with Gasteiger partial charge in [0.15, 0.2) is 0 Å². The monoisotopic (exact) mass is 526 g/mol. The Hall–Kier alpha value is 4.31. The van der Waals surface area contributed by atoms with Crippen molar-refractivity contribution in [3.05, 3.63) is 0 Å². The van der Waals surface area contributed by atoms with Crippen molar-refractivity contribution in [3.63, 3.8) is 0 Å². The summed E-state index contributed by atoms with van der Waals surface area (Å²) in [4.78, 5) is 0. The summed E-state index contributed by atoms with van der Waals surface area (Å²) in [5.41, 5.74) is 0. The van der Waals surface area contributed by atoms with Crippen molar-refractivity contribution in [2.45, 2.75) is 0 Å². The normalized spacial score (nSPS) is 5.40. The fraction of sp³-hybridized carbons (Fsp3) is 0. The van der Waals surface area contributed by atoms with E-state index in [1.165, 1.54) is 0 Å². The molecule has 0 aliphatic carbocycles. The van der Waals surface area contributed by atoms with Crippen molar-refractivity contribution in [2.24, 2.45) is 0 Å². The van der Waals surface area contributed by atoms with Gasteiger partial charge in [-0.25, -0.2) is 0 Å². The SMILES string of the molecule is IB(I)I.[Cs+].[H-]. The van der Waals surface area contributed by atoms with Crippen LogP contribution in [0.4, 0.5) is 0 Å². The molecule has 0 radical (unpaired) electrons. The molecular weight excluding hydrogens is 524 g/mol. The molecule has 0 rings (SSSR count). The molecule has 0 atom stereocenters. The number of rotatable bonds is 0. The van der Waals surface area contributed by atoms with Crippen LogP contribution in [0.3, 0.4) is 0 Å². The fourth-order valence-corrected chi connectivity index (χ4v) is 0. The molecule has 0 aliphatic heterocycles. The predicted molar refractivity (Wildman–Crippen MR) is 48.9 cm³/mol. The Kier molecular flexibility index (Phi) is 20.0. The number of hydrogen-bond acceptors (Lipinski definition) is 0. The summed E-state index contributed by atoms with van der Waals surface area (Å²) < 4.78 is 0.743. The van der Waals surface area contributed by atoms with Crippen LogP contribution in [0.5, 0.6) is 0 Å². The van der Waals surface area contributed by atoms with Gasteiger partial charge in [0.1, 0.15) is 0 Å². The first-order chi connectivity index (χ1) is 1.73. The van der Waals surface area contributed by atoms with Crippen LogP contribution in [0.1, 0.15) is 1.43 Å². The van der Waals surface area contributed by atoms with E-state index >= 15 is 0 Å². The molecule has 0 saturated heterocycles. The van der Waals surface area contributed by atoms with Crippen LogP contribution in [0.2, 0.25) is 0 Å². The van der Waals surface area contributed by atoms with Crippen LogP contribution in [-0.4, -0.2) is 0.282 Å². The molecule has 0 aliphatic rings. The average molecular weight is 525 g/mol. The molecule has 0 saturated carbocycles. The molecule has 0 nitrogen and oxygen atoms in total. The van der Waals surface area contributed by atoms with E-state index in [2.05, 4.69) is 67.1 Å². The molecule has 0 aromatic carbocycles. The number of halogens is 3. The van der Waals surface area contributed by atoms with E-state index in [4.69, 9.17) is 0 Å². The van der Waals surface area contributed by atoms with Gasteiger partial charge in [0.05, 0.1) is 0 Å². The zero-order valence-corrected chi connectivity index (χ0v) is 15.5. The maximum Gasteiger partial charge on any atom is 1.00 e. The summed E-state index contributed by atoms with van der Waals surface area (Å²) in [5, 5.41) is 0. The van der Waals surface area contributed by atoms with Gasteiger partial charge in [0, 0.05) is 0 Å². The van der Waals surface area contributed by atoms with Crippen LogP contribution in [0, 0.1) is 0 Å². The summed E-state index contributed by atoms with van der Waals surface area (Å²) in [5.74, 6) is 0. The van der Waals surface area contributed by atoms with Gasteiger partial charge >= 0.3 is 69.2 Å². The quantitative estimate of drug-likeness (QED) is 0.293. The molecule has 0 fully saturated rings. The zero-order chi connectivity index (χ0) is 3.58. The maximum atomic E-state index is 2.32. The van der Waals surface area contributed by atoms with E-state index in [0.29, 0.717) is 0 Å². The van der Waals surface area contributed by atoms with Crippen LogP contribution < -0.4 is 68.9 Å². The van der Waals surface area contributed by atoms with Gasteiger partial charge in [0.25, 0.3) is 0 Å². The largest absolute Gasteiger partial charge is 1.00 e. The molecule has 0 aromatic rings. The van der Waals surface area contributed by atoms with Crippen LogP contribution in [-0.2, 0) is 0 Å². The molecule has 0 aromatic heterocycles. The smallest absolute Gasteiger partial charge is 1.00 e. The molecule has 0 spiro atoms. The Labute approximate surface area is 133 Å². The Morgan fingerprint density at radius 1 is 1.20 bits per heavy atom. The first-order valence-corrected chi connectivity index (χ1v) is 4.39. The van der Waals surface area contributed by atoms with Crippen molar-refractivity contribution in [1.29, 1.82) is 0 Å². The second-order valence-corrected chi connectivity index (χ2v) is 11.1. The average Bonchev–Trinajstić information content (AvgIpc) is 0.811. The van der Waals surface area contributed by atoms with Crippen molar-refractivity contribution >= 4 is 67.4 Å². The molecule has 26 valence electrons. The Morgan fingerprint density at radius 3 is 1.20 bits per heavy atom. The van der Waals surface area contributed by atoms with Crippen LogP contribution in [0.25, 0.3) is 0 Å².